The van der Waals surface area contributed by atoms with Gasteiger partial charge in [-0.1, -0.05) is 6.07 Å². The van der Waals surface area contributed by atoms with Crippen molar-refractivity contribution in [1.82, 2.24) is 9.88 Å². The monoisotopic (exact) mass is 220 g/mol. The minimum Gasteiger partial charge on any atom is -0.476 e. The molecular formula is C12H16N2O2. The minimum atomic E-state index is 0.237. The summed E-state index contributed by atoms with van der Waals surface area (Å²) in [5, 5.41) is 0. The summed E-state index contributed by atoms with van der Waals surface area (Å²) in [5.41, 5.74) is 1.11. The smallest absolute Gasteiger partial charge is 0.222 e. The lowest BCUT2D eigenvalue weighted by atomic mass is 10.3. The SMILES string of the molecule is Cc1ccc(OCCN2CCCC2=O)nc1. The number of aryl methyl sites for hydroxylation is 1. The van der Waals surface area contributed by atoms with Crippen LogP contribution in [0.1, 0.15) is 18.4 Å². The molecule has 0 atom stereocenters. The predicted octanol–water partition coefficient (Wildman–Crippen LogP) is 1.39. The molecule has 0 aromatic carbocycles. The summed E-state index contributed by atoms with van der Waals surface area (Å²) < 4.78 is 5.47. The van der Waals surface area contributed by atoms with Gasteiger partial charge in [0, 0.05) is 25.2 Å². The Hall–Kier alpha value is -1.58. The first-order valence-corrected chi connectivity index (χ1v) is 5.59. The van der Waals surface area contributed by atoms with Gasteiger partial charge in [-0.3, -0.25) is 4.79 Å². The number of carbonyl (C=O) groups is 1. The van der Waals surface area contributed by atoms with Crippen LogP contribution in [0.3, 0.4) is 0 Å². The Bertz CT molecular complexity index is 362. The average molecular weight is 220 g/mol. The lowest BCUT2D eigenvalue weighted by Gasteiger charge is -2.15. The maximum absolute atomic E-state index is 11.3. The molecule has 4 nitrogen and oxygen atoms in total. The van der Waals surface area contributed by atoms with Crippen molar-refractivity contribution in [2.24, 2.45) is 0 Å². The molecule has 2 rings (SSSR count). The van der Waals surface area contributed by atoms with Crippen molar-refractivity contribution in [2.45, 2.75) is 19.8 Å². The highest BCUT2D eigenvalue weighted by molar-refractivity contribution is 5.78. The zero-order chi connectivity index (χ0) is 11.4. The zero-order valence-electron chi connectivity index (χ0n) is 9.48. The summed E-state index contributed by atoms with van der Waals surface area (Å²) in [6, 6.07) is 3.81. The van der Waals surface area contributed by atoms with Crippen LogP contribution in [0.5, 0.6) is 5.88 Å². The second-order valence-corrected chi connectivity index (χ2v) is 4.01. The normalized spacial score (nSPS) is 15.6. The van der Waals surface area contributed by atoms with E-state index in [0.29, 0.717) is 25.5 Å². The Labute approximate surface area is 95.2 Å². The molecule has 1 aliphatic rings. The lowest BCUT2D eigenvalue weighted by molar-refractivity contribution is -0.128. The second kappa shape index (κ2) is 4.96. The second-order valence-electron chi connectivity index (χ2n) is 4.01. The topological polar surface area (TPSA) is 42.4 Å². The quantitative estimate of drug-likeness (QED) is 0.770. The summed E-state index contributed by atoms with van der Waals surface area (Å²) in [4.78, 5) is 17.3. The van der Waals surface area contributed by atoms with Crippen molar-refractivity contribution in [3.05, 3.63) is 23.9 Å². The fourth-order valence-electron chi connectivity index (χ4n) is 1.74. The van der Waals surface area contributed by atoms with E-state index in [2.05, 4.69) is 4.98 Å². The number of hydrogen-bond donors (Lipinski definition) is 0. The molecule has 1 saturated heterocycles. The number of aromatic nitrogens is 1. The first-order chi connectivity index (χ1) is 7.75. The number of nitrogens with zero attached hydrogens (tertiary/aromatic N) is 2. The Balaban J connectivity index is 1.75. The predicted molar refractivity (Wildman–Crippen MR) is 60.3 cm³/mol. The summed E-state index contributed by atoms with van der Waals surface area (Å²) in [6.07, 6.45) is 3.43. The first kappa shape index (κ1) is 10.9. The summed E-state index contributed by atoms with van der Waals surface area (Å²) in [6.45, 7) is 4.03. The molecule has 1 aromatic rings. The molecule has 1 fully saturated rings. The largest absolute Gasteiger partial charge is 0.476 e. The lowest BCUT2D eigenvalue weighted by Crippen LogP contribution is -2.29. The molecule has 4 heteroatoms. The Kier molecular flexibility index (Phi) is 3.39. The van der Waals surface area contributed by atoms with E-state index in [4.69, 9.17) is 4.74 Å². The molecule has 0 unspecified atom stereocenters. The molecule has 0 saturated carbocycles. The van der Waals surface area contributed by atoms with Gasteiger partial charge >= 0.3 is 0 Å². The fourth-order valence-corrected chi connectivity index (χ4v) is 1.74. The molecule has 1 amide bonds. The van der Waals surface area contributed by atoms with Crippen LogP contribution in [0.25, 0.3) is 0 Å². The van der Waals surface area contributed by atoms with Crippen LogP contribution in [-0.4, -0.2) is 35.5 Å². The number of likely N-dealkylation sites (tertiary alicyclic amines) is 1. The van der Waals surface area contributed by atoms with Crippen LogP contribution >= 0.6 is 0 Å². The fraction of sp³-hybridized carbons (Fsp3) is 0.500. The molecule has 0 aliphatic carbocycles. The van der Waals surface area contributed by atoms with E-state index in [1.54, 1.807) is 6.20 Å². The van der Waals surface area contributed by atoms with Gasteiger partial charge in [0.15, 0.2) is 0 Å². The number of carbonyl (C=O) groups excluding carboxylic acids is 1. The van der Waals surface area contributed by atoms with Gasteiger partial charge in [-0.05, 0) is 18.9 Å². The van der Waals surface area contributed by atoms with E-state index in [0.717, 1.165) is 18.5 Å². The van der Waals surface area contributed by atoms with Gasteiger partial charge in [-0.25, -0.2) is 4.98 Å². The first-order valence-electron chi connectivity index (χ1n) is 5.59. The molecule has 86 valence electrons. The van der Waals surface area contributed by atoms with Crippen LogP contribution in [0, 0.1) is 6.92 Å². The van der Waals surface area contributed by atoms with E-state index in [9.17, 15) is 4.79 Å². The number of rotatable bonds is 4. The van der Waals surface area contributed by atoms with Gasteiger partial charge in [-0.15, -0.1) is 0 Å². The third-order valence-corrected chi connectivity index (χ3v) is 2.67. The van der Waals surface area contributed by atoms with Crippen molar-refractivity contribution in [3.63, 3.8) is 0 Å². The molecule has 16 heavy (non-hydrogen) atoms. The molecule has 0 spiro atoms. The molecular weight excluding hydrogens is 204 g/mol. The Morgan fingerprint density at radius 2 is 2.38 bits per heavy atom. The summed E-state index contributed by atoms with van der Waals surface area (Å²) in [5.74, 6) is 0.859. The van der Waals surface area contributed by atoms with Gasteiger partial charge in [0.25, 0.3) is 0 Å². The van der Waals surface area contributed by atoms with Crippen molar-refractivity contribution in [2.75, 3.05) is 19.7 Å². The van der Waals surface area contributed by atoms with Crippen LogP contribution in [0.15, 0.2) is 18.3 Å². The third kappa shape index (κ3) is 2.72. The van der Waals surface area contributed by atoms with Gasteiger partial charge < -0.3 is 9.64 Å². The minimum absolute atomic E-state index is 0.237. The van der Waals surface area contributed by atoms with Crippen molar-refractivity contribution in [1.29, 1.82) is 0 Å². The highest BCUT2D eigenvalue weighted by Gasteiger charge is 2.19. The van der Waals surface area contributed by atoms with Gasteiger partial charge in [0.05, 0.1) is 6.54 Å². The maximum Gasteiger partial charge on any atom is 0.222 e. The maximum atomic E-state index is 11.3. The van der Waals surface area contributed by atoms with Crippen molar-refractivity contribution in [3.8, 4) is 5.88 Å². The molecule has 0 radical (unpaired) electrons. The highest BCUT2D eigenvalue weighted by atomic mass is 16.5. The van der Waals surface area contributed by atoms with E-state index < -0.39 is 0 Å². The molecule has 0 N–H and O–H groups in total. The van der Waals surface area contributed by atoms with Crippen molar-refractivity contribution >= 4 is 5.91 Å². The van der Waals surface area contributed by atoms with Crippen LogP contribution < -0.4 is 4.74 Å². The Morgan fingerprint density at radius 3 is 3.00 bits per heavy atom. The van der Waals surface area contributed by atoms with Gasteiger partial charge in [-0.2, -0.15) is 0 Å². The molecule has 0 bridgehead atoms. The van der Waals surface area contributed by atoms with Crippen LogP contribution in [-0.2, 0) is 4.79 Å². The average Bonchev–Trinajstić information content (AvgIpc) is 2.68. The van der Waals surface area contributed by atoms with E-state index in [1.807, 2.05) is 24.0 Å². The van der Waals surface area contributed by atoms with Crippen LogP contribution in [0.2, 0.25) is 0 Å². The molecule has 2 heterocycles. The number of pyridine rings is 1. The van der Waals surface area contributed by atoms with Crippen LogP contribution in [0.4, 0.5) is 0 Å². The van der Waals surface area contributed by atoms with E-state index in [-0.39, 0.29) is 5.91 Å². The van der Waals surface area contributed by atoms with E-state index >= 15 is 0 Å². The summed E-state index contributed by atoms with van der Waals surface area (Å²) in [7, 11) is 0. The van der Waals surface area contributed by atoms with Gasteiger partial charge in [0.1, 0.15) is 6.61 Å². The number of amides is 1. The molecule has 1 aliphatic heterocycles. The summed E-state index contributed by atoms with van der Waals surface area (Å²) >= 11 is 0. The van der Waals surface area contributed by atoms with Crippen molar-refractivity contribution < 1.29 is 9.53 Å². The zero-order valence-corrected chi connectivity index (χ0v) is 9.48. The Morgan fingerprint density at radius 1 is 1.50 bits per heavy atom. The van der Waals surface area contributed by atoms with E-state index in [1.165, 1.54) is 0 Å². The highest BCUT2D eigenvalue weighted by Crippen LogP contribution is 2.10. The third-order valence-electron chi connectivity index (χ3n) is 2.67. The standard InChI is InChI=1S/C12H16N2O2/c1-10-4-5-11(13-9-10)16-8-7-14-6-2-3-12(14)15/h4-5,9H,2-3,6-8H2,1H3. The van der Waals surface area contributed by atoms with Gasteiger partial charge in [0.2, 0.25) is 11.8 Å². The molecule has 1 aromatic heterocycles. The number of ether oxygens (including phenoxy) is 1. The number of hydrogen-bond acceptors (Lipinski definition) is 3.